The molecule has 1 unspecified atom stereocenters. The van der Waals surface area contributed by atoms with Crippen LogP contribution in [0.3, 0.4) is 0 Å². The number of aliphatic hydroxyl groups is 1. The topological polar surface area (TPSA) is 41.5 Å². The summed E-state index contributed by atoms with van der Waals surface area (Å²) in [4.78, 5) is 0. The quantitative estimate of drug-likeness (QED) is 0.797. The third-order valence-corrected chi connectivity index (χ3v) is 2.88. The zero-order valence-electron chi connectivity index (χ0n) is 11.2. The van der Waals surface area contributed by atoms with Crippen molar-refractivity contribution in [3.8, 4) is 5.75 Å². The van der Waals surface area contributed by atoms with Gasteiger partial charge in [-0.15, -0.1) is 0 Å². The molecule has 17 heavy (non-hydrogen) atoms. The van der Waals surface area contributed by atoms with Gasteiger partial charge in [-0.1, -0.05) is 26.0 Å². The van der Waals surface area contributed by atoms with Crippen molar-refractivity contribution < 1.29 is 9.84 Å². The second-order valence-corrected chi connectivity index (χ2v) is 4.86. The van der Waals surface area contributed by atoms with Crippen LogP contribution in [0.5, 0.6) is 5.75 Å². The van der Waals surface area contributed by atoms with Crippen LogP contribution in [0.25, 0.3) is 0 Å². The lowest BCUT2D eigenvalue weighted by Crippen LogP contribution is -2.31. The molecular weight excluding hydrogens is 214 g/mol. The maximum atomic E-state index is 10.4. The van der Waals surface area contributed by atoms with Gasteiger partial charge in [-0.05, 0) is 37.6 Å². The molecule has 0 fully saturated rings. The van der Waals surface area contributed by atoms with E-state index in [1.807, 2.05) is 31.2 Å². The summed E-state index contributed by atoms with van der Waals surface area (Å²) >= 11 is 0. The summed E-state index contributed by atoms with van der Waals surface area (Å²) in [5, 5.41) is 13.7. The van der Waals surface area contributed by atoms with Gasteiger partial charge in [0.15, 0.2) is 0 Å². The van der Waals surface area contributed by atoms with Gasteiger partial charge in [0.2, 0.25) is 0 Å². The van der Waals surface area contributed by atoms with E-state index < -0.39 is 5.60 Å². The Hall–Kier alpha value is -1.06. The molecule has 0 bridgehead atoms. The highest BCUT2D eigenvalue weighted by molar-refractivity contribution is 5.30. The minimum absolute atomic E-state index is 0.446. The molecule has 0 spiro atoms. The van der Waals surface area contributed by atoms with E-state index in [2.05, 4.69) is 19.2 Å². The molecule has 1 atom stereocenters. The van der Waals surface area contributed by atoms with Gasteiger partial charge in [-0.2, -0.15) is 0 Å². The lowest BCUT2D eigenvalue weighted by Gasteiger charge is -2.24. The number of nitrogens with one attached hydrogen (secondary N) is 1. The van der Waals surface area contributed by atoms with Crippen molar-refractivity contribution in [3.05, 3.63) is 29.8 Å². The standard InChI is InChI=1S/C14H23NO2/c1-11(2)15-10-9-14(3,16)12-5-7-13(17-4)8-6-12/h5-8,11,15-16H,9-10H2,1-4H3. The summed E-state index contributed by atoms with van der Waals surface area (Å²) < 4.78 is 5.10. The first-order valence-electron chi connectivity index (χ1n) is 6.06. The predicted molar refractivity (Wildman–Crippen MR) is 70.3 cm³/mol. The fourth-order valence-electron chi connectivity index (χ4n) is 1.70. The molecule has 2 N–H and O–H groups in total. The maximum Gasteiger partial charge on any atom is 0.118 e. The molecule has 1 aromatic rings. The molecule has 0 amide bonds. The van der Waals surface area contributed by atoms with Crippen LogP contribution in [0.15, 0.2) is 24.3 Å². The summed E-state index contributed by atoms with van der Waals surface area (Å²) in [6, 6.07) is 8.02. The summed E-state index contributed by atoms with van der Waals surface area (Å²) in [5.74, 6) is 0.810. The number of hydrogen-bond donors (Lipinski definition) is 2. The molecule has 1 rings (SSSR count). The second-order valence-electron chi connectivity index (χ2n) is 4.86. The first-order valence-corrected chi connectivity index (χ1v) is 6.06. The van der Waals surface area contributed by atoms with Crippen LogP contribution < -0.4 is 10.1 Å². The SMILES string of the molecule is COc1ccc(C(C)(O)CCNC(C)C)cc1. The Morgan fingerprint density at radius 3 is 2.35 bits per heavy atom. The van der Waals surface area contributed by atoms with Crippen LogP contribution in [0.2, 0.25) is 0 Å². The summed E-state index contributed by atoms with van der Waals surface area (Å²) in [6.07, 6.45) is 0.692. The third-order valence-electron chi connectivity index (χ3n) is 2.88. The first-order chi connectivity index (χ1) is 7.95. The summed E-state index contributed by atoms with van der Waals surface area (Å²) in [7, 11) is 1.64. The molecule has 3 heteroatoms. The number of ether oxygens (including phenoxy) is 1. The molecule has 0 saturated heterocycles. The van der Waals surface area contributed by atoms with Gasteiger partial charge >= 0.3 is 0 Å². The van der Waals surface area contributed by atoms with Crippen LogP contribution in [-0.4, -0.2) is 24.8 Å². The molecule has 0 heterocycles. The Bertz CT molecular complexity index is 331. The van der Waals surface area contributed by atoms with E-state index in [0.29, 0.717) is 12.5 Å². The third kappa shape index (κ3) is 4.36. The highest BCUT2D eigenvalue weighted by Gasteiger charge is 2.22. The Kier molecular flexibility index (Phi) is 4.97. The lowest BCUT2D eigenvalue weighted by atomic mass is 9.92. The smallest absolute Gasteiger partial charge is 0.118 e. The predicted octanol–water partition coefficient (Wildman–Crippen LogP) is 2.29. The number of benzene rings is 1. The Morgan fingerprint density at radius 2 is 1.88 bits per heavy atom. The molecular formula is C14H23NO2. The summed E-state index contributed by atoms with van der Waals surface area (Å²) in [6.45, 7) is 6.84. The van der Waals surface area contributed by atoms with Crippen molar-refractivity contribution in [3.63, 3.8) is 0 Å². The average molecular weight is 237 g/mol. The fraction of sp³-hybridized carbons (Fsp3) is 0.571. The largest absolute Gasteiger partial charge is 0.497 e. The Morgan fingerprint density at radius 1 is 1.29 bits per heavy atom. The minimum Gasteiger partial charge on any atom is -0.497 e. The van der Waals surface area contributed by atoms with Gasteiger partial charge in [0.05, 0.1) is 12.7 Å². The zero-order valence-corrected chi connectivity index (χ0v) is 11.2. The van der Waals surface area contributed by atoms with Crippen molar-refractivity contribution in [2.75, 3.05) is 13.7 Å². The van der Waals surface area contributed by atoms with Gasteiger partial charge in [0.1, 0.15) is 5.75 Å². The maximum absolute atomic E-state index is 10.4. The molecule has 1 aromatic carbocycles. The molecule has 0 aliphatic heterocycles. The highest BCUT2D eigenvalue weighted by atomic mass is 16.5. The molecule has 3 nitrogen and oxygen atoms in total. The van der Waals surface area contributed by atoms with E-state index in [9.17, 15) is 5.11 Å². The minimum atomic E-state index is -0.797. The zero-order chi connectivity index (χ0) is 12.9. The average Bonchev–Trinajstić information content (AvgIpc) is 2.28. The first kappa shape index (κ1) is 14.0. The second kappa shape index (κ2) is 6.03. The van der Waals surface area contributed by atoms with Crippen LogP contribution >= 0.6 is 0 Å². The van der Waals surface area contributed by atoms with Crippen molar-refractivity contribution in [2.45, 2.75) is 38.8 Å². The normalized spacial score (nSPS) is 14.7. The Labute approximate surface area is 104 Å². The van der Waals surface area contributed by atoms with Crippen molar-refractivity contribution in [2.24, 2.45) is 0 Å². The molecule has 0 aliphatic rings. The molecule has 0 aromatic heterocycles. The van der Waals surface area contributed by atoms with Gasteiger partial charge in [-0.25, -0.2) is 0 Å². The van der Waals surface area contributed by atoms with E-state index >= 15 is 0 Å². The van der Waals surface area contributed by atoms with E-state index in [0.717, 1.165) is 17.9 Å². The lowest BCUT2D eigenvalue weighted by molar-refractivity contribution is 0.0475. The molecule has 0 radical (unpaired) electrons. The number of methoxy groups -OCH3 is 1. The van der Waals surface area contributed by atoms with Crippen LogP contribution in [0.4, 0.5) is 0 Å². The molecule has 96 valence electrons. The van der Waals surface area contributed by atoms with E-state index in [1.54, 1.807) is 7.11 Å². The van der Waals surface area contributed by atoms with E-state index in [-0.39, 0.29) is 0 Å². The van der Waals surface area contributed by atoms with Gasteiger partial charge in [-0.3, -0.25) is 0 Å². The summed E-state index contributed by atoms with van der Waals surface area (Å²) in [5.41, 5.74) is 0.123. The van der Waals surface area contributed by atoms with Crippen molar-refractivity contribution >= 4 is 0 Å². The van der Waals surface area contributed by atoms with Gasteiger partial charge in [0, 0.05) is 6.04 Å². The Balaban J connectivity index is 2.61. The molecule has 0 aliphatic carbocycles. The van der Waals surface area contributed by atoms with Gasteiger partial charge < -0.3 is 15.2 Å². The molecule has 0 saturated carbocycles. The van der Waals surface area contributed by atoms with E-state index in [4.69, 9.17) is 4.74 Å². The van der Waals surface area contributed by atoms with Crippen molar-refractivity contribution in [1.29, 1.82) is 0 Å². The van der Waals surface area contributed by atoms with Crippen LogP contribution in [0, 0.1) is 0 Å². The highest BCUT2D eigenvalue weighted by Crippen LogP contribution is 2.25. The monoisotopic (exact) mass is 237 g/mol. The van der Waals surface area contributed by atoms with Gasteiger partial charge in [0.25, 0.3) is 0 Å². The van der Waals surface area contributed by atoms with Crippen molar-refractivity contribution in [1.82, 2.24) is 5.32 Å². The van der Waals surface area contributed by atoms with Crippen LogP contribution in [-0.2, 0) is 5.60 Å². The number of hydrogen-bond acceptors (Lipinski definition) is 3. The van der Waals surface area contributed by atoms with E-state index in [1.165, 1.54) is 0 Å². The fourth-order valence-corrected chi connectivity index (χ4v) is 1.70. The van der Waals surface area contributed by atoms with Crippen LogP contribution in [0.1, 0.15) is 32.8 Å². The number of rotatable bonds is 6.